The fraction of sp³-hybridized carbons (Fsp3) is 1.00. The minimum absolute atomic E-state index is 0.245. The molecule has 72 valence electrons. The van der Waals surface area contributed by atoms with E-state index in [0.29, 0.717) is 0 Å². The van der Waals surface area contributed by atoms with Crippen molar-refractivity contribution in [1.29, 1.82) is 0 Å². The zero-order chi connectivity index (χ0) is 9.03. The molecule has 3 nitrogen and oxygen atoms in total. The molecule has 1 fully saturated rings. The van der Waals surface area contributed by atoms with Crippen molar-refractivity contribution in [1.82, 2.24) is 0 Å². The van der Waals surface area contributed by atoms with Crippen molar-refractivity contribution in [2.45, 2.75) is 43.8 Å². The van der Waals surface area contributed by atoms with Crippen molar-refractivity contribution in [3.8, 4) is 0 Å². The molecule has 0 saturated heterocycles. The zero-order valence-corrected chi connectivity index (χ0v) is 8.27. The van der Waals surface area contributed by atoms with E-state index in [4.69, 9.17) is 0 Å². The lowest BCUT2D eigenvalue weighted by molar-refractivity contribution is 0.382. The second kappa shape index (κ2) is 4.23. The molecule has 1 rings (SSSR count). The molecular weight excluding hydrogens is 176 g/mol. The van der Waals surface area contributed by atoms with Gasteiger partial charge in [-0.1, -0.05) is 25.7 Å². The van der Waals surface area contributed by atoms with Crippen LogP contribution >= 0.6 is 0 Å². The summed E-state index contributed by atoms with van der Waals surface area (Å²) in [4.78, 5) is 0. The van der Waals surface area contributed by atoms with E-state index in [9.17, 15) is 8.42 Å². The maximum absolute atomic E-state index is 11.3. The Balaban J connectivity index is 2.60. The summed E-state index contributed by atoms with van der Waals surface area (Å²) >= 11 is 0. The van der Waals surface area contributed by atoms with Crippen LogP contribution in [0.15, 0.2) is 0 Å². The lowest BCUT2D eigenvalue weighted by atomic mass is 10.2. The van der Waals surface area contributed by atoms with Crippen LogP contribution < -0.4 is 0 Å². The molecule has 0 unspecified atom stereocenters. The minimum Gasteiger partial charge on any atom is -0.273 e. The lowest BCUT2D eigenvalue weighted by Gasteiger charge is -2.12. The van der Waals surface area contributed by atoms with Crippen molar-refractivity contribution >= 4 is 10.1 Å². The molecule has 0 aliphatic heterocycles. The summed E-state index contributed by atoms with van der Waals surface area (Å²) < 4.78 is 27.1. The van der Waals surface area contributed by atoms with Crippen molar-refractivity contribution in [2.75, 3.05) is 7.11 Å². The zero-order valence-electron chi connectivity index (χ0n) is 7.45. The van der Waals surface area contributed by atoms with E-state index < -0.39 is 10.1 Å². The first-order valence-corrected chi connectivity index (χ1v) is 5.93. The van der Waals surface area contributed by atoms with E-state index in [1.165, 1.54) is 7.11 Å². The highest BCUT2D eigenvalue weighted by molar-refractivity contribution is 7.87. The highest BCUT2D eigenvalue weighted by Crippen LogP contribution is 2.23. The van der Waals surface area contributed by atoms with Crippen LogP contribution in [-0.2, 0) is 14.3 Å². The lowest BCUT2D eigenvalue weighted by Crippen LogP contribution is -2.21. The van der Waals surface area contributed by atoms with Crippen LogP contribution in [-0.4, -0.2) is 20.8 Å². The molecule has 12 heavy (non-hydrogen) atoms. The van der Waals surface area contributed by atoms with E-state index in [1.54, 1.807) is 0 Å². The van der Waals surface area contributed by atoms with E-state index in [1.807, 2.05) is 0 Å². The van der Waals surface area contributed by atoms with Gasteiger partial charge in [0.1, 0.15) is 0 Å². The first kappa shape index (κ1) is 9.99. The SMILES string of the molecule is COS(=O)(=O)C1CCCCCC1. The Morgan fingerprint density at radius 2 is 1.58 bits per heavy atom. The van der Waals surface area contributed by atoms with Gasteiger partial charge in [0, 0.05) is 0 Å². The van der Waals surface area contributed by atoms with Crippen LogP contribution in [0.25, 0.3) is 0 Å². The van der Waals surface area contributed by atoms with Crippen LogP contribution in [0.5, 0.6) is 0 Å². The van der Waals surface area contributed by atoms with Crippen LogP contribution in [0.3, 0.4) is 0 Å². The Bertz CT molecular complexity index is 212. The molecule has 4 heteroatoms. The largest absolute Gasteiger partial charge is 0.273 e. The van der Waals surface area contributed by atoms with Crippen LogP contribution in [0.2, 0.25) is 0 Å². The minimum atomic E-state index is -3.24. The average Bonchev–Trinajstić information content (AvgIpc) is 2.32. The molecule has 0 aromatic heterocycles. The maximum Gasteiger partial charge on any atom is 0.269 e. The van der Waals surface area contributed by atoms with Gasteiger partial charge in [0.2, 0.25) is 0 Å². The molecule has 0 bridgehead atoms. The number of rotatable bonds is 2. The molecule has 0 N–H and O–H groups in total. The second-order valence-corrected chi connectivity index (χ2v) is 5.26. The predicted molar refractivity (Wildman–Crippen MR) is 47.4 cm³/mol. The van der Waals surface area contributed by atoms with Crippen LogP contribution in [0, 0.1) is 0 Å². The average molecular weight is 192 g/mol. The Hall–Kier alpha value is -0.0900. The quantitative estimate of drug-likeness (QED) is 0.494. The molecule has 0 spiro atoms. The first-order valence-electron chi connectivity index (χ1n) is 4.46. The third-order valence-corrected chi connectivity index (χ3v) is 4.20. The van der Waals surface area contributed by atoms with E-state index in [2.05, 4.69) is 4.18 Å². The van der Waals surface area contributed by atoms with Crippen molar-refractivity contribution in [2.24, 2.45) is 0 Å². The van der Waals surface area contributed by atoms with Gasteiger partial charge in [-0.15, -0.1) is 0 Å². The van der Waals surface area contributed by atoms with Gasteiger partial charge in [-0.2, -0.15) is 8.42 Å². The predicted octanol–water partition coefficient (Wildman–Crippen LogP) is 1.69. The van der Waals surface area contributed by atoms with E-state index in [-0.39, 0.29) is 5.25 Å². The van der Waals surface area contributed by atoms with Gasteiger partial charge >= 0.3 is 0 Å². The third-order valence-electron chi connectivity index (χ3n) is 2.44. The Morgan fingerprint density at radius 3 is 2.00 bits per heavy atom. The van der Waals surface area contributed by atoms with Crippen LogP contribution in [0.4, 0.5) is 0 Å². The third kappa shape index (κ3) is 2.45. The molecule has 0 aromatic carbocycles. The molecule has 0 atom stereocenters. The summed E-state index contributed by atoms with van der Waals surface area (Å²) in [7, 11) is -1.99. The van der Waals surface area contributed by atoms with Gasteiger partial charge in [-0.05, 0) is 12.8 Å². The summed E-state index contributed by atoms with van der Waals surface area (Å²) in [6.45, 7) is 0. The maximum atomic E-state index is 11.3. The summed E-state index contributed by atoms with van der Waals surface area (Å²) in [5.74, 6) is 0. The number of hydrogen-bond acceptors (Lipinski definition) is 3. The molecule has 1 aliphatic rings. The molecule has 0 heterocycles. The van der Waals surface area contributed by atoms with Gasteiger partial charge in [0.05, 0.1) is 12.4 Å². The topological polar surface area (TPSA) is 43.4 Å². The standard InChI is InChI=1S/C8H16O3S/c1-11-12(9,10)8-6-4-2-3-5-7-8/h8H,2-7H2,1H3. The van der Waals surface area contributed by atoms with Crippen LogP contribution in [0.1, 0.15) is 38.5 Å². The second-order valence-electron chi connectivity index (χ2n) is 3.27. The van der Waals surface area contributed by atoms with Crippen molar-refractivity contribution < 1.29 is 12.6 Å². The normalized spacial score (nSPS) is 22.1. The molecule has 1 saturated carbocycles. The first-order chi connectivity index (χ1) is 5.67. The highest BCUT2D eigenvalue weighted by atomic mass is 32.2. The summed E-state index contributed by atoms with van der Waals surface area (Å²) in [5, 5.41) is -0.245. The summed E-state index contributed by atoms with van der Waals surface area (Å²) in [5.41, 5.74) is 0. The fourth-order valence-corrected chi connectivity index (χ4v) is 2.85. The molecule has 1 aliphatic carbocycles. The number of hydrogen-bond donors (Lipinski definition) is 0. The monoisotopic (exact) mass is 192 g/mol. The highest BCUT2D eigenvalue weighted by Gasteiger charge is 2.25. The molecular formula is C8H16O3S. The van der Waals surface area contributed by atoms with Gasteiger partial charge in [-0.3, -0.25) is 4.18 Å². The van der Waals surface area contributed by atoms with E-state index in [0.717, 1.165) is 38.5 Å². The van der Waals surface area contributed by atoms with Gasteiger partial charge in [-0.25, -0.2) is 0 Å². The van der Waals surface area contributed by atoms with E-state index >= 15 is 0 Å². The molecule has 0 amide bonds. The smallest absolute Gasteiger partial charge is 0.269 e. The summed E-state index contributed by atoms with van der Waals surface area (Å²) in [6.07, 6.45) is 5.92. The van der Waals surface area contributed by atoms with Gasteiger partial charge in [0.15, 0.2) is 0 Å². The molecule has 0 radical (unpaired) electrons. The Kier molecular flexibility index (Phi) is 3.53. The van der Waals surface area contributed by atoms with Gasteiger partial charge < -0.3 is 0 Å². The molecule has 0 aromatic rings. The van der Waals surface area contributed by atoms with Crippen molar-refractivity contribution in [3.63, 3.8) is 0 Å². The summed E-state index contributed by atoms with van der Waals surface area (Å²) in [6, 6.07) is 0. The fourth-order valence-electron chi connectivity index (χ4n) is 1.67. The Labute approximate surface area is 74.2 Å². The van der Waals surface area contributed by atoms with Gasteiger partial charge in [0.25, 0.3) is 10.1 Å². The Morgan fingerprint density at radius 1 is 1.08 bits per heavy atom. The van der Waals surface area contributed by atoms with Crippen molar-refractivity contribution in [3.05, 3.63) is 0 Å².